The molecule has 0 amide bonds. The zero-order valence-corrected chi connectivity index (χ0v) is 10.5. The number of ether oxygens (including phenoxy) is 2. The highest BCUT2D eigenvalue weighted by Crippen LogP contribution is 2.25. The van der Waals surface area contributed by atoms with Crippen LogP contribution in [0.25, 0.3) is 0 Å². The lowest BCUT2D eigenvalue weighted by atomic mass is 10.2. The van der Waals surface area contributed by atoms with Gasteiger partial charge < -0.3 is 14.6 Å². The van der Waals surface area contributed by atoms with Crippen molar-refractivity contribution in [3.05, 3.63) is 53.6 Å². The van der Waals surface area contributed by atoms with E-state index >= 15 is 0 Å². The molecule has 94 valence electrons. The topological polar surface area (TPSA) is 38.7 Å². The highest BCUT2D eigenvalue weighted by atomic mass is 16.5. The van der Waals surface area contributed by atoms with Gasteiger partial charge in [0.05, 0.1) is 7.11 Å². The van der Waals surface area contributed by atoms with Crippen LogP contribution in [0.2, 0.25) is 0 Å². The second-order valence-corrected chi connectivity index (χ2v) is 4.05. The molecule has 0 heterocycles. The predicted molar refractivity (Wildman–Crippen MR) is 70.2 cm³/mol. The van der Waals surface area contributed by atoms with Gasteiger partial charge in [-0.05, 0) is 30.7 Å². The molecule has 0 saturated carbocycles. The molecule has 0 aliphatic carbocycles. The number of rotatable bonds is 4. The Bertz CT molecular complexity index is 535. The third-order valence-electron chi connectivity index (χ3n) is 2.77. The van der Waals surface area contributed by atoms with Gasteiger partial charge in [-0.15, -0.1) is 0 Å². The molecule has 0 radical (unpaired) electrons. The molecule has 0 fully saturated rings. The highest BCUT2D eigenvalue weighted by molar-refractivity contribution is 5.40. The molecule has 2 aromatic rings. The fourth-order valence-corrected chi connectivity index (χ4v) is 1.67. The Balaban J connectivity index is 2.09. The number of para-hydroxylation sites is 1. The monoisotopic (exact) mass is 244 g/mol. The summed E-state index contributed by atoms with van der Waals surface area (Å²) in [4.78, 5) is 0. The minimum absolute atomic E-state index is 0.183. The van der Waals surface area contributed by atoms with Gasteiger partial charge in [-0.3, -0.25) is 0 Å². The molecule has 0 bridgehead atoms. The van der Waals surface area contributed by atoms with E-state index in [2.05, 4.69) is 0 Å². The van der Waals surface area contributed by atoms with Gasteiger partial charge in [-0.1, -0.05) is 18.2 Å². The fraction of sp³-hybridized carbons (Fsp3) is 0.200. The van der Waals surface area contributed by atoms with Crippen LogP contribution in [0.5, 0.6) is 17.2 Å². The molecule has 0 saturated heterocycles. The second kappa shape index (κ2) is 5.45. The van der Waals surface area contributed by atoms with E-state index in [9.17, 15) is 5.11 Å². The van der Waals surface area contributed by atoms with Crippen molar-refractivity contribution in [2.24, 2.45) is 0 Å². The number of phenols is 1. The van der Waals surface area contributed by atoms with Gasteiger partial charge in [-0.25, -0.2) is 0 Å². The van der Waals surface area contributed by atoms with Crippen molar-refractivity contribution in [1.82, 2.24) is 0 Å². The summed E-state index contributed by atoms with van der Waals surface area (Å²) in [5, 5.41) is 9.81. The number of phenolic OH excluding ortho intramolecular Hbond substituents is 1. The van der Waals surface area contributed by atoms with E-state index in [1.165, 1.54) is 0 Å². The molecule has 0 aliphatic rings. The smallest absolute Gasteiger partial charge is 0.125 e. The van der Waals surface area contributed by atoms with E-state index in [4.69, 9.17) is 9.47 Å². The molecular weight excluding hydrogens is 228 g/mol. The molecule has 18 heavy (non-hydrogen) atoms. The summed E-state index contributed by atoms with van der Waals surface area (Å²) >= 11 is 0. The number of aryl methyl sites for hydroxylation is 1. The maximum atomic E-state index is 9.81. The van der Waals surface area contributed by atoms with Crippen LogP contribution in [0.15, 0.2) is 42.5 Å². The molecule has 0 aliphatic heterocycles. The van der Waals surface area contributed by atoms with Crippen molar-refractivity contribution in [2.45, 2.75) is 13.5 Å². The standard InChI is InChI=1S/C15H16O3/c1-11-5-3-4-6-15(11)18-10-12-7-8-13(17-2)9-14(12)16/h3-9,16H,10H2,1-2H3. The molecule has 3 nitrogen and oxygen atoms in total. The van der Waals surface area contributed by atoms with Gasteiger partial charge in [0.25, 0.3) is 0 Å². The first-order valence-corrected chi connectivity index (χ1v) is 5.75. The lowest BCUT2D eigenvalue weighted by Gasteiger charge is -2.10. The SMILES string of the molecule is COc1ccc(COc2ccccc2C)c(O)c1. The van der Waals surface area contributed by atoms with E-state index in [1.54, 1.807) is 25.3 Å². The zero-order valence-electron chi connectivity index (χ0n) is 10.5. The van der Waals surface area contributed by atoms with Gasteiger partial charge in [0.15, 0.2) is 0 Å². The first-order valence-electron chi connectivity index (χ1n) is 5.75. The third kappa shape index (κ3) is 2.74. The largest absolute Gasteiger partial charge is 0.507 e. The van der Waals surface area contributed by atoms with Crippen LogP contribution in [-0.2, 0) is 6.61 Å². The van der Waals surface area contributed by atoms with E-state index in [-0.39, 0.29) is 5.75 Å². The second-order valence-electron chi connectivity index (χ2n) is 4.05. The molecule has 0 aromatic heterocycles. The Morgan fingerprint density at radius 1 is 1.11 bits per heavy atom. The van der Waals surface area contributed by atoms with Crippen molar-refractivity contribution in [2.75, 3.05) is 7.11 Å². The summed E-state index contributed by atoms with van der Waals surface area (Å²) in [5.41, 5.74) is 1.81. The highest BCUT2D eigenvalue weighted by Gasteiger charge is 2.05. The Kier molecular flexibility index (Phi) is 3.72. The number of hydrogen-bond acceptors (Lipinski definition) is 3. The van der Waals surface area contributed by atoms with E-state index in [0.717, 1.165) is 16.9 Å². The number of benzene rings is 2. The molecule has 0 unspecified atom stereocenters. The van der Waals surface area contributed by atoms with Gasteiger partial charge in [0, 0.05) is 11.6 Å². The summed E-state index contributed by atoms with van der Waals surface area (Å²) in [6.45, 7) is 2.32. The van der Waals surface area contributed by atoms with Crippen LogP contribution in [0.1, 0.15) is 11.1 Å². The third-order valence-corrected chi connectivity index (χ3v) is 2.77. The average molecular weight is 244 g/mol. The van der Waals surface area contributed by atoms with E-state index in [0.29, 0.717) is 12.4 Å². The van der Waals surface area contributed by atoms with Crippen molar-refractivity contribution >= 4 is 0 Å². The minimum atomic E-state index is 0.183. The Labute approximate surface area is 107 Å². The Morgan fingerprint density at radius 2 is 1.89 bits per heavy atom. The normalized spacial score (nSPS) is 10.1. The average Bonchev–Trinajstić information content (AvgIpc) is 2.39. The lowest BCUT2D eigenvalue weighted by molar-refractivity contribution is 0.296. The van der Waals surface area contributed by atoms with Crippen molar-refractivity contribution < 1.29 is 14.6 Å². The summed E-state index contributed by atoms with van der Waals surface area (Å²) in [6.07, 6.45) is 0. The predicted octanol–water partition coefficient (Wildman–Crippen LogP) is 3.29. The lowest BCUT2D eigenvalue weighted by Crippen LogP contribution is -1.97. The van der Waals surface area contributed by atoms with Gasteiger partial charge in [0.2, 0.25) is 0 Å². The minimum Gasteiger partial charge on any atom is -0.507 e. The summed E-state index contributed by atoms with van der Waals surface area (Å²) in [7, 11) is 1.57. The van der Waals surface area contributed by atoms with Crippen LogP contribution in [-0.4, -0.2) is 12.2 Å². The number of hydrogen-bond donors (Lipinski definition) is 1. The molecule has 0 atom stereocenters. The first kappa shape index (κ1) is 12.3. The molecule has 2 rings (SSSR count). The molecule has 2 aromatic carbocycles. The molecule has 1 N–H and O–H groups in total. The van der Waals surface area contributed by atoms with E-state index in [1.807, 2.05) is 31.2 Å². The zero-order chi connectivity index (χ0) is 13.0. The van der Waals surface area contributed by atoms with Crippen molar-refractivity contribution in [3.8, 4) is 17.2 Å². The van der Waals surface area contributed by atoms with Crippen LogP contribution in [0.3, 0.4) is 0 Å². The molecule has 3 heteroatoms. The Morgan fingerprint density at radius 3 is 2.56 bits per heavy atom. The number of methoxy groups -OCH3 is 1. The van der Waals surface area contributed by atoms with Crippen molar-refractivity contribution in [1.29, 1.82) is 0 Å². The number of aromatic hydroxyl groups is 1. The van der Waals surface area contributed by atoms with Crippen LogP contribution in [0.4, 0.5) is 0 Å². The van der Waals surface area contributed by atoms with Gasteiger partial charge in [-0.2, -0.15) is 0 Å². The van der Waals surface area contributed by atoms with Crippen molar-refractivity contribution in [3.63, 3.8) is 0 Å². The van der Waals surface area contributed by atoms with Crippen LogP contribution < -0.4 is 9.47 Å². The quantitative estimate of drug-likeness (QED) is 0.897. The van der Waals surface area contributed by atoms with Gasteiger partial charge >= 0.3 is 0 Å². The summed E-state index contributed by atoms with van der Waals surface area (Å²) in [6, 6.07) is 13.0. The Hall–Kier alpha value is -2.16. The van der Waals surface area contributed by atoms with E-state index < -0.39 is 0 Å². The fourth-order valence-electron chi connectivity index (χ4n) is 1.67. The van der Waals surface area contributed by atoms with Crippen LogP contribution in [0, 0.1) is 6.92 Å². The summed E-state index contributed by atoms with van der Waals surface area (Å²) in [5.74, 6) is 1.64. The first-order chi connectivity index (χ1) is 8.70. The molecule has 0 spiro atoms. The van der Waals surface area contributed by atoms with Crippen LogP contribution >= 0.6 is 0 Å². The maximum Gasteiger partial charge on any atom is 0.125 e. The van der Waals surface area contributed by atoms with Gasteiger partial charge in [0.1, 0.15) is 23.9 Å². The maximum absolute atomic E-state index is 9.81. The molecular formula is C15H16O3. The summed E-state index contributed by atoms with van der Waals surface area (Å²) < 4.78 is 10.7.